The first kappa shape index (κ1) is 14.6. The van der Waals surface area contributed by atoms with E-state index >= 15 is 0 Å². The van der Waals surface area contributed by atoms with Crippen molar-refractivity contribution in [1.29, 1.82) is 0 Å². The zero-order valence-corrected chi connectivity index (χ0v) is 11.3. The lowest BCUT2D eigenvalue weighted by molar-refractivity contribution is 0.0691. The fourth-order valence-corrected chi connectivity index (χ4v) is 1.59. The second kappa shape index (κ2) is 5.48. The van der Waals surface area contributed by atoms with Gasteiger partial charge in [-0.15, -0.1) is 0 Å². The Morgan fingerprint density at radius 1 is 1.44 bits per heavy atom. The smallest absolute Gasteiger partial charge is 0.338 e. The molecule has 0 saturated carbocycles. The van der Waals surface area contributed by atoms with Crippen molar-refractivity contribution in [2.45, 2.75) is 39.3 Å². The maximum Gasteiger partial charge on any atom is 0.338 e. The van der Waals surface area contributed by atoms with Crippen LogP contribution < -0.4 is 0 Å². The molecule has 0 fully saturated rings. The molecular formula is C14H20FNO2. The molecule has 0 aliphatic rings. The van der Waals surface area contributed by atoms with E-state index in [1.807, 2.05) is 7.05 Å². The molecule has 0 saturated heterocycles. The minimum Gasteiger partial charge on any atom is -0.478 e. The second-order valence-electron chi connectivity index (χ2n) is 5.14. The summed E-state index contributed by atoms with van der Waals surface area (Å²) in [5.41, 5.74) is 0.528. The van der Waals surface area contributed by atoms with Gasteiger partial charge in [-0.1, -0.05) is 13.0 Å². The van der Waals surface area contributed by atoms with Crippen LogP contribution in [0.1, 0.15) is 43.1 Å². The van der Waals surface area contributed by atoms with Gasteiger partial charge in [-0.2, -0.15) is 0 Å². The van der Waals surface area contributed by atoms with Gasteiger partial charge in [0.2, 0.25) is 0 Å². The highest BCUT2D eigenvalue weighted by atomic mass is 19.1. The number of benzene rings is 1. The molecule has 0 aromatic heterocycles. The van der Waals surface area contributed by atoms with Gasteiger partial charge < -0.3 is 5.11 Å². The largest absolute Gasteiger partial charge is 0.478 e. The van der Waals surface area contributed by atoms with Crippen molar-refractivity contribution >= 4 is 5.97 Å². The summed E-state index contributed by atoms with van der Waals surface area (Å²) in [6.07, 6.45) is 0.985. The molecule has 4 heteroatoms. The molecule has 100 valence electrons. The summed E-state index contributed by atoms with van der Waals surface area (Å²) < 4.78 is 13.5. The minimum absolute atomic E-state index is 0.0297. The fraction of sp³-hybridized carbons (Fsp3) is 0.500. The fourth-order valence-electron chi connectivity index (χ4n) is 1.59. The molecule has 0 unspecified atom stereocenters. The van der Waals surface area contributed by atoms with Gasteiger partial charge in [0.05, 0.1) is 5.56 Å². The van der Waals surface area contributed by atoms with Crippen molar-refractivity contribution in [2.24, 2.45) is 0 Å². The summed E-state index contributed by atoms with van der Waals surface area (Å²) in [5, 5.41) is 8.76. The molecule has 0 amide bonds. The molecule has 0 aliphatic heterocycles. The lowest BCUT2D eigenvalue weighted by Gasteiger charge is -2.34. The highest BCUT2D eigenvalue weighted by Crippen LogP contribution is 2.20. The Morgan fingerprint density at radius 3 is 2.50 bits per heavy atom. The van der Waals surface area contributed by atoms with E-state index in [-0.39, 0.29) is 11.1 Å². The number of nitrogens with zero attached hydrogens (tertiary/aromatic N) is 1. The number of hydrogen-bond acceptors (Lipinski definition) is 2. The Bertz CT molecular complexity index is 443. The molecule has 3 nitrogen and oxygen atoms in total. The van der Waals surface area contributed by atoms with Crippen molar-refractivity contribution in [1.82, 2.24) is 4.90 Å². The lowest BCUT2D eigenvalue weighted by atomic mass is 9.99. The van der Waals surface area contributed by atoms with Gasteiger partial charge in [-0.3, -0.25) is 4.90 Å². The van der Waals surface area contributed by atoms with Crippen LogP contribution in [0.2, 0.25) is 0 Å². The topological polar surface area (TPSA) is 40.5 Å². The van der Waals surface area contributed by atoms with Crippen LogP contribution in [0, 0.1) is 5.82 Å². The number of hydrogen-bond donors (Lipinski definition) is 1. The third-order valence-electron chi connectivity index (χ3n) is 3.58. The van der Waals surface area contributed by atoms with Gasteiger partial charge in [-0.25, -0.2) is 9.18 Å². The predicted molar refractivity (Wildman–Crippen MR) is 69.2 cm³/mol. The first-order chi connectivity index (χ1) is 8.27. The molecule has 0 bridgehead atoms. The number of carboxylic acids is 1. The maximum atomic E-state index is 13.5. The predicted octanol–water partition coefficient (Wildman–Crippen LogP) is 3.14. The molecule has 0 radical (unpaired) electrons. The van der Waals surface area contributed by atoms with Gasteiger partial charge in [0, 0.05) is 12.1 Å². The van der Waals surface area contributed by atoms with Gasteiger partial charge in [-0.05, 0) is 45.0 Å². The second-order valence-corrected chi connectivity index (χ2v) is 5.14. The van der Waals surface area contributed by atoms with Crippen LogP contribution in [0.5, 0.6) is 0 Å². The van der Waals surface area contributed by atoms with Crippen LogP contribution in [0.25, 0.3) is 0 Å². The summed E-state index contributed by atoms with van der Waals surface area (Å²) in [5.74, 6) is -1.91. The Balaban J connectivity index is 2.87. The molecule has 0 spiro atoms. The van der Waals surface area contributed by atoms with E-state index in [0.29, 0.717) is 6.54 Å². The van der Waals surface area contributed by atoms with E-state index in [0.717, 1.165) is 12.0 Å². The maximum absolute atomic E-state index is 13.5. The van der Waals surface area contributed by atoms with E-state index < -0.39 is 11.8 Å². The number of aromatic carboxylic acids is 1. The van der Waals surface area contributed by atoms with E-state index in [9.17, 15) is 9.18 Å². The molecular weight excluding hydrogens is 233 g/mol. The number of rotatable bonds is 5. The third-order valence-corrected chi connectivity index (χ3v) is 3.58. The number of carboxylic acid groups (broad SMARTS) is 1. The molecule has 18 heavy (non-hydrogen) atoms. The molecule has 1 aromatic rings. The van der Waals surface area contributed by atoms with Crippen LogP contribution in [-0.2, 0) is 6.54 Å². The van der Waals surface area contributed by atoms with Gasteiger partial charge in [0.1, 0.15) is 5.82 Å². The summed E-state index contributed by atoms with van der Waals surface area (Å²) in [6, 6.07) is 4.28. The van der Waals surface area contributed by atoms with Gasteiger partial charge in [0.15, 0.2) is 0 Å². The number of halogens is 1. The van der Waals surface area contributed by atoms with Crippen LogP contribution >= 0.6 is 0 Å². The average Bonchev–Trinajstić information content (AvgIpc) is 2.28. The van der Waals surface area contributed by atoms with E-state index in [1.165, 1.54) is 12.1 Å². The van der Waals surface area contributed by atoms with E-state index in [1.54, 1.807) is 6.07 Å². The standard InChI is InChI=1S/C14H20FNO2/c1-5-14(2,3)16(4)9-10-6-7-11(13(17)18)12(15)8-10/h6-8H,5,9H2,1-4H3,(H,17,18). The van der Waals surface area contributed by atoms with Crippen molar-refractivity contribution in [3.05, 3.63) is 35.1 Å². The summed E-state index contributed by atoms with van der Waals surface area (Å²) >= 11 is 0. The zero-order valence-electron chi connectivity index (χ0n) is 11.3. The summed E-state index contributed by atoms with van der Waals surface area (Å²) in [6.45, 7) is 6.94. The minimum atomic E-state index is -1.23. The van der Waals surface area contributed by atoms with E-state index in [4.69, 9.17) is 5.11 Å². The molecule has 0 heterocycles. The molecule has 0 atom stereocenters. The first-order valence-corrected chi connectivity index (χ1v) is 6.01. The van der Waals surface area contributed by atoms with Crippen LogP contribution in [0.3, 0.4) is 0 Å². The molecule has 1 rings (SSSR count). The third kappa shape index (κ3) is 3.29. The number of carbonyl (C=O) groups is 1. The molecule has 1 aromatic carbocycles. The van der Waals surface area contributed by atoms with Gasteiger partial charge in [0.25, 0.3) is 0 Å². The monoisotopic (exact) mass is 253 g/mol. The quantitative estimate of drug-likeness (QED) is 0.876. The van der Waals surface area contributed by atoms with Crippen molar-refractivity contribution in [3.8, 4) is 0 Å². The lowest BCUT2D eigenvalue weighted by Crippen LogP contribution is -2.39. The molecule has 1 N–H and O–H groups in total. The Kier molecular flexibility index (Phi) is 4.46. The zero-order chi connectivity index (χ0) is 13.9. The normalized spacial score (nSPS) is 11.9. The van der Waals surface area contributed by atoms with Crippen LogP contribution in [0.4, 0.5) is 4.39 Å². The highest BCUT2D eigenvalue weighted by Gasteiger charge is 2.21. The van der Waals surface area contributed by atoms with E-state index in [2.05, 4.69) is 25.7 Å². The Morgan fingerprint density at radius 2 is 2.06 bits per heavy atom. The van der Waals surface area contributed by atoms with Crippen LogP contribution in [-0.4, -0.2) is 28.6 Å². The van der Waals surface area contributed by atoms with Crippen LogP contribution in [0.15, 0.2) is 18.2 Å². The first-order valence-electron chi connectivity index (χ1n) is 6.01. The Hall–Kier alpha value is -1.42. The average molecular weight is 253 g/mol. The summed E-state index contributed by atoms with van der Waals surface area (Å²) in [7, 11) is 1.98. The Labute approximate surface area is 107 Å². The summed E-state index contributed by atoms with van der Waals surface area (Å²) in [4.78, 5) is 12.8. The highest BCUT2D eigenvalue weighted by molar-refractivity contribution is 5.87. The van der Waals surface area contributed by atoms with Gasteiger partial charge >= 0.3 is 5.97 Å². The SMILES string of the molecule is CCC(C)(C)N(C)Cc1ccc(C(=O)O)c(F)c1. The van der Waals surface area contributed by atoms with Crippen molar-refractivity contribution in [3.63, 3.8) is 0 Å². The van der Waals surface area contributed by atoms with Crippen molar-refractivity contribution < 1.29 is 14.3 Å². The van der Waals surface area contributed by atoms with Crippen molar-refractivity contribution in [2.75, 3.05) is 7.05 Å². The molecule has 0 aliphatic carbocycles.